The number of rotatable bonds is 54. The van der Waals surface area contributed by atoms with E-state index in [1.807, 2.05) is 0 Å². The van der Waals surface area contributed by atoms with Gasteiger partial charge in [0, 0.05) is 19.3 Å². The lowest BCUT2D eigenvalue weighted by Crippen LogP contribution is -1.93. The molecule has 0 aromatic carbocycles. The van der Waals surface area contributed by atoms with Crippen molar-refractivity contribution in [2.24, 2.45) is 0 Å². The molecule has 3 N–H and O–H groups in total. The van der Waals surface area contributed by atoms with Crippen molar-refractivity contribution in [2.75, 3.05) is 0 Å². The number of hydrogen-bond acceptors (Lipinski definition) is 3. The number of hydrogen-bond donors (Lipinski definition) is 3. The lowest BCUT2D eigenvalue weighted by atomic mass is 10.0. The largest absolute Gasteiger partial charge is 0.481 e. The fourth-order valence-corrected chi connectivity index (χ4v) is 9.00. The average molecular weight is 938 g/mol. The Bertz CT molecular complexity index is 853. The molecule has 0 radical (unpaired) electrons. The van der Waals surface area contributed by atoms with Crippen molar-refractivity contribution in [3.63, 3.8) is 0 Å². The third-order valence-electron chi connectivity index (χ3n) is 13.5. The first-order chi connectivity index (χ1) is 32.3. The molecule has 0 atom stereocenters. The summed E-state index contributed by atoms with van der Waals surface area (Å²) in [7, 11) is 0. The SMILES string of the molecule is CCCCCCCCCCCCCCCC(=O)O.CCCCCCCCCCCCCCCCCCCCCC(=O)O.CCCCCCCCCCCCCCCCCCCCCC(=O)O. The molecule has 0 aromatic rings. The molecule has 396 valence electrons. The predicted octanol–water partition coefficient (Wildman–Crippen LogP) is 21.3. The van der Waals surface area contributed by atoms with E-state index in [4.69, 9.17) is 15.3 Å². The van der Waals surface area contributed by atoms with Crippen LogP contribution in [0.3, 0.4) is 0 Å². The van der Waals surface area contributed by atoms with Crippen molar-refractivity contribution in [1.29, 1.82) is 0 Å². The molecule has 0 aromatic heterocycles. The van der Waals surface area contributed by atoms with Gasteiger partial charge in [-0.3, -0.25) is 14.4 Å². The highest BCUT2D eigenvalue weighted by atomic mass is 16.4. The van der Waals surface area contributed by atoms with Gasteiger partial charge in [0.15, 0.2) is 0 Å². The van der Waals surface area contributed by atoms with Gasteiger partial charge in [0.2, 0.25) is 0 Å². The van der Waals surface area contributed by atoms with Crippen LogP contribution in [-0.4, -0.2) is 33.2 Å². The van der Waals surface area contributed by atoms with Gasteiger partial charge in [-0.05, 0) is 19.3 Å². The van der Waals surface area contributed by atoms with Gasteiger partial charge in [-0.25, -0.2) is 0 Å². The molecule has 0 aliphatic rings. The van der Waals surface area contributed by atoms with E-state index < -0.39 is 17.9 Å². The van der Waals surface area contributed by atoms with Gasteiger partial charge >= 0.3 is 17.9 Å². The van der Waals surface area contributed by atoms with E-state index in [2.05, 4.69) is 20.8 Å². The fraction of sp³-hybridized carbons (Fsp3) is 0.950. The summed E-state index contributed by atoms with van der Waals surface area (Å²) < 4.78 is 0. The van der Waals surface area contributed by atoms with E-state index in [1.165, 1.54) is 289 Å². The van der Waals surface area contributed by atoms with Crippen molar-refractivity contribution in [3.8, 4) is 0 Å². The Labute approximate surface area is 413 Å². The van der Waals surface area contributed by atoms with Crippen LogP contribution in [0.2, 0.25) is 0 Å². The second-order valence-electron chi connectivity index (χ2n) is 20.4. The highest BCUT2D eigenvalue weighted by Gasteiger charge is 2.00. The molecule has 0 aliphatic carbocycles. The van der Waals surface area contributed by atoms with E-state index in [0.717, 1.165) is 38.5 Å². The minimum atomic E-state index is -0.655. The van der Waals surface area contributed by atoms with Crippen LogP contribution in [0.1, 0.15) is 367 Å². The molecular weight excluding hydrogens is 817 g/mol. The van der Waals surface area contributed by atoms with E-state index in [0.29, 0.717) is 19.3 Å². The summed E-state index contributed by atoms with van der Waals surface area (Å²) in [5, 5.41) is 25.6. The maximum Gasteiger partial charge on any atom is 0.303 e. The molecule has 6 heteroatoms. The third-order valence-corrected chi connectivity index (χ3v) is 13.5. The molecule has 0 fully saturated rings. The van der Waals surface area contributed by atoms with E-state index in [-0.39, 0.29) is 0 Å². The van der Waals surface area contributed by atoms with Crippen LogP contribution in [0.4, 0.5) is 0 Å². The standard InChI is InChI=1S/2C22H44O2.C16H32O2/c2*1-2-3-4-5-6-7-8-9-10-11-12-13-14-15-16-17-18-19-20-21-22(23)24;1-2-3-4-5-6-7-8-9-10-11-12-13-14-15-16(17)18/h2*2-21H2,1H3,(H,23,24);2-15H2,1H3,(H,17,18). The zero-order valence-electron chi connectivity index (χ0n) is 45.3. The molecule has 0 aliphatic heterocycles. The van der Waals surface area contributed by atoms with Crippen LogP contribution in [0.25, 0.3) is 0 Å². The molecular formula is C60H120O6. The van der Waals surface area contributed by atoms with Crippen LogP contribution in [0.15, 0.2) is 0 Å². The average Bonchev–Trinajstić information content (AvgIpc) is 3.29. The normalized spacial score (nSPS) is 11.0. The molecule has 66 heavy (non-hydrogen) atoms. The van der Waals surface area contributed by atoms with Crippen molar-refractivity contribution < 1.29 is 29.7 Å². The molecule has 0 saturated carbocycles. The van der Waals surface area contributed by atoms with Gasteiger partial charge in [0.1, 0.15) is 0 Å². The lowest BCUT2D eigenvalue weighted by Gasteiger charge is -2.03. The number of carboxylic acid groups (broad SMARTS) is 3. The topological polar surface area (TPSA) is 112 Å². The van der Waals surface area contributed by atoms with Crippen molar-refractivity contribution in [1.82, 2.24) is 0 Å². The quantitative estimate of drug-likeness (QED) is 0.0524. The van der Waals surface area contributed by atoms with E-state index >= 15 is 0 Å². The first-order valence-corrected chi connectivity index (χ1v) is 30.0. The maximum atomic E-state index is 10.4. The second-order valence-corrected chi connectivity index (χ2v) is 20.4. The van der Waals surface area contributed by atoms with Crippen molar-refractivity contribution >= 4 is 17.9 Å². The zero-order valence-corrected chi connectivity index (χ0v) is 45.3. The fourth-order valence-electron chi connectivity index (χ4n) is 9.00. The number of aliphatic carboxylic acids is 3. The Kier molecular flexibility index (Phi) is 68.1. The van der Waals surface area contributed by atoms with Crippen molar-refractivity contribution in [2.45, 2.75) is 367 Å². The van der Waals surface area contributed by atoms with Gasteiger partial charge in [-0.15, -0.1) is 0 Å². The van der Waals surface area contributed by atoms with Crippen LogP contribution in [-0.2, 0) is 14.4 Å². The second kappa shape index (κ2) is 65.5. The van der Waals surface area contributed by atoms with Gasteiger partial charge in [-0.1, -0.05) is 329 Å². The smallest absolute Gasteiger partial charge is 0.303 e. The van der Waals surface area contributed by atoms with Crippen LogP contribution in [0.5, 0.6) is 0 Å². The third kappa shape index (κ3) is 76.7. The Balaban J connectivity index is -0.000000913. The van der Waals surface area contributed by atoms with E-state index in [1.54, 1.807) is 0 Å². The molecule has 6 nitrogen and oxygen atoms in total. The minimum Gasteiger partial charge on any atom is -0.481 e. The van der Waals surface area contributed by atoms with Crippen LogP contribution >= 0.6 is 0 Å². The molecule has 0 saturated heterocycles. The number of carboxylic acids is 3. The summed E-state index contributed by atoms with van der Waals surface area (Å²) in [5.41, 5.74) is 0. The summed E-state index contributed by atoms with van der Waals surface area (Å²) in [6, 6.07) is 0. The molecule has 0 amide bonds. The van der Waals surface area contributed by atoms with Gasteiger partial charge < -0.3 is 15.3 Å². The highest BCUT2D eigenvalue weighted by molar-refractivity contribution is 5.67. The molecule has 0 bridgehead atoms. The molecule has 0 unspecified atom stereocenters. The molecule has 0 rings (SSSR count). The zero-order chi connectivity index (χ0) is 48.9. The predicted molar refractivity (Wildman–Crippen MR) is 289 cm³/mol. The number of carbonyl (C=O) groups is 3. The maximum absolute atomic E-state index is 10.4. The summed E-state index contributed by atoms with van der Waals surface area (Å²) in [4.78, 5) is 31.1. The van der Waals surface area contributed by atoms with E-state index in [9.17, 15) is 14.4 Å². The van der Waals surface area contributed by atoms with Gasteiger partial charge in [0.05, 0.1) is 0 Å². The van der Waals surface area contributed by atoms with Crippen molar-refractivity contribution in [3.05, 3.63) is 0 Å². The molecule has 0 spiro atoms. The van der Waals surface area contributed by atoms with Crippen LogP contribution in [0, 0.1) is 0 Å². The van der Waals surface area contributed by atoms with Crippen LogP contribution < -0.4 is 0 Å². The summed E-state index contributed by atoms with van der Waals surface area (Å²) in [5.74, 6) is -1.96. The summed E-state index contributed by atoms with van der Waals surface area (Å²) in [6.07, 6.45) is 69.5. The lowest BCUT2D eigenvalue weighted by molar-refractivity contribution is -0.138. The monoisotopic (exact) mass is 937 g/mol. The Morgan fingerprint density at radius 2 is 0.273 bits per heavy atom. The molecule has 0 heterocycles. The highest BCUT2D eigenvalue weighted by Crippen LogP contribution is 2.17. The van der Waals surface area contributed by atoms with Gasteiger partial charge in [0.25, 0.3) is 0 Å². The Hall–Kier alpha value is -1.59. The first-order valence-electron chi connectivity index (χ1n) is 30.0. The summed E-state index contributed by atoms with van der Waals surface area (Å²) in [6.45, 7) is 6.83. The minimum absolute atomic E-state index is 0.345. The Morgan fingerprint density at radius 3 is 0.364 bits per heavy atom. The summed E-state index contributed by atoms with van der Waals surface area (Å²) >= 11 is 0. The Morgan fingerprint density at radius 1 is 0.182 bits per heavy atom. The van der Waals surface area contributed by atoms with Gasteiger partial charge in [-0.2, -0.15) is 0 Å². The first kappa shape index (κ1) is 68.7. The number of unbranched alkanes of at least 4 members (excludes halogenated alkanes) is 48.